The van der Waals surface area contributed by atoms with Gasteiger partial charge in [0.15, 0.2) is 0 Å². The lowest BCUT2D eigenvalue weighted by Crippen LogP contribution is -2.07. The van der Waals surface area contributed by atoms with Crippen molar-refractivity contribution in [2.75, 3.05) is 0 Å². The largest absolute Gasteiger partial charge is 0.477 e. The Kier molecular flexibility index (Phi) is 2.40. The molecule has 1 unspecified atom stereocenters. The topological polar surface area (TPSA) is 76.2 Å². The molecule has 4 nitrogen and oxygen atoms in total. The number of nitrogens with zero attached hydrogens (tertiary/aromatic N) is 1. The Labute approximate surface area is 70.0 Å². The third-order valence-electron chi connectivity index (χ3n) is 1.53. The van der Waals surface area contributed by atoms with E-state index in [1.54, 1.807) is 6.07 Å². The van der Waals surface area contributed by atoms with Gasteiger partial charge in [0.2, 0.25) is 0 Å². The van der Waals surface area contributed by atoms with Gasteiger partial charge < -0.3 is 10.8 Å². The minimum Gasteiger partial charge on any atom is -0.477 e. The molecule has 0 aliphatic heterocycles. The quantitative estimate of drug-likeness (QED) is 0.681. The molecule has 1 heterocycles. The molecule has 1 rings (SSSR count). The van der Waals surface area contributed by atoms with E-state index in [1.165, 1.54) is 12.3 Å². The van der Waals surface area contributed by atoms with Crippen molar-refractivity contribution in [2.45, 2.75) is 13.0 Å². The highest BCUT2D eigenvalue weighted by Crippen LogP contribution is 2.07. The van der Waals surface area contributed by atoms with Crippen LogP contribution < -0.4 is 5.73 Å². The van der Waals surface area contributed by atoms with Crippen LogP contribution in [0, 0.1) is 0 Å². The fourth-order valence-electron chi connectivity index (χ4n) is 0.801. The zero-order valence-corrected chi connectivity index (χ0v) is 6.69. The number of hydrogen-bond donors (Lipinski definition) is 2. The van der Waals surface area contributed by atoms with Gasteiger partial charge in [-0.25, -0.2) is 9.78 Å². The SMILES string of the molecule is CC(N)c1ccc(C(=O)O)nc1. The number of hydrogen-bond acceptors (Lipinski definition) is 3. The summed E-state index contributed by atoms with van der Waals surface area (Å²) in [5.41, 5.74) is 6.43. The van der Waals surface area contributed by atoms with Gasteiger partial charge in [-0.2, -0.15) is 0 Å². The second-order valence-corrected chi connectivity index (χ2v) is 2.57. The van der Waals surface area contributed by atoms with Crippen LogP contribution in [0.2, 0.25) is 0 Å². The number of rotatable bonds is 2. The van der Waals surface area contributed by atoms with Crippen LogP contribution in [0.15, 0.2) is 18.3 Å². The maximum absolute atomic E-state index is 10.4. The van der Waals surface area contributed by atoms with Gasteiger partial charge >= 0.3 is 5.97 Å². The predicted octanol–water partition coefficient (Wildman–Crippen LogP) is 0.800. The molecule has 0 spiro atoms. The van der Waals surface area contributed by atoms with Crippen LogP contribution >= 0.6 is 0 Å². The lowest BCUT2D eigenvalue weighted by molar-refractivity contribution is 0.0690. The molecule has 1 aromatic heterocycles. The van der Waals surface area contributed by atoms with Gasteiger partial charge in [0.25, 0.3) is 0 Å². The normalized spacial score (nSPS) is 12.5. The Hall–Kier alpha value is -1.42. The molecule has 1 atom stereocenters. The Balaban J connectivity index is 2.93. The van der Waals surface area contributed by atoms with E-state index in [0.717, 1.165) is 5.56 Å². The summed E-state index contributed by atoms with van der Waals surface area (Å²) in [6, 6.07) is 3.00. The second kappa shape index (κ2) is 3.32. The number of aromatic carboxylic acids is 1. The summed E-state index contributed by atoms with van der Waals surface area (Å²) >= 11 is 0. The van der Waals surface area contributed by atoms with Crippen LogP contribution in [-0.2, 0) is 0 Å². The molecule has 0 saturated carbocycles. The van der Waals surface area contributed by atoms with Crippen LogP contribution in [0.3, 0.4) is 0 Å². The van der Waals surface area contributed by atoms with E-state index in [9.17, 15) is 4.79 Å². The molecular weight excluding hydrogens is 156 g/mol. The first-order valence-electron chi connectivity index (χ1n) is 3.56. The van der Waals surface area contributed by atoms with E-state index in [0.29, 0.717) is 0 Å². The van der Waals surface area contributed by atoms with E-state index in [-0.39, 0.29) is 11.7 Å². The molecular formula is C8H10N2O2. The number of carbonyl (C=O) groups is 1. The molecule has 3 N–H and O–H groups in total. The van der Waals surface area contributed by atoms with Crippen molar-refractivity contribution in [3.05, 3.63) is 29.6 Å². The molecule has 4 heteroatoms. The highest BCUT2D eigenvalue weighted by molar-refractivity contribution is 5.85. The van der Waals surface area contributed by atoms with Crippen LogP contribution in [0.25, 0.3) is 0 Å². The fraction of sp³-hybridized carbons (Fsp3) is 0.250. The van der Waals surface area contributed by atoms with Gasteiger partial charge in [-0.15, -0.1) is 0 Å². The summed E-state index contributed by atoms with van der Waals surface area (Å²) in [7, 11) is 0. The molecule has 0 fully saturated rings. The van der Waals surface area contributed by atoms with E-state index in [1.807, 2.05) is 6.92 Å². The maximum Gasteiger partial charge on any atom is 0.354 e. The molecule has 0 aliphatic carbocycles. The van der Waals surface area contributed by atoms with Crippen LogP contribution in [0.5, 0.6) is 0 Å². The molecule has 0 bridgehead atoms. The van der Waals surface area contributed by atoms with Crippen molar-refractivity contribution in [3.63, 3.8) is 0 Å². The Bertz CT molecular complexity index is 280. The number of pyridine rings is 1. The highest BCUT2D eigenvalue weighted by Gasteiger charge is 2.04. The second-order valence-electron chi connectivity index (χ2n) is 2.57. The van der Waals surface area contributed by atoms with Crippen LogP contribution in [0.4, 0.5) is 0 Å². The summed E-state index contributed by atoms with van der Waals surface area (Å²) in [6.45, 7) is 1.82. The number of aromatic nitrogens is 1. The fourth-order valence-corrected chi connectivity index (χ4v) is 0.801. The smallest absolute Gasteiger partial charge is 0.354 e. The highest BCUT2D eigenvalue weighted by atomic mass is 16.4. The first-order valence-corrected chi connectivity index (χ1v) is 3.56. The summed E-state index contributed by atoms with van der Waals surface area (Å²) in [5, 5.41) is 8.52. The molecule has 12 heavy (non-hydrogen) atoms. The molecule has 0 radical (unpaired) electrons. The average Bonchev–Trinajstić information content (AvgIpc) is 2.04. The molecule has 0 aliphatic rings. The first-order chi connectivity index (χ1) is 5.61. The van der Waals surface area contributed by atoms with Gasteiger partial charge in [-0.3, -0.25) is 0 Å². The minimum atomic E-state index is -1.02. The third kappa shape index (κ3) is 1.79. The lowest BCUT2D eigenvalue weighted by atomic mass is 10.1. The van der Waals surface area contributed by atoms with Crippen molar-refractivity contribution < 1.29 is 9.90 Å². The van der Waals surface area contributed by atoms with Gasteiger partial charge in [0.05, 0.1) is 0 Å². The monoisotopic (exact) mass is 166 g/mol. The van der Waals surface area contributed by atoms with Crippen molar-refractivity contribution in [1.82, 2.24) is 4.98 Å². The van der Waals surface area contributed by atoms with Gasteiger partial charge in [-0.05, 0) is 18.6 Å². The molecule has 1 aromatic rings. The zero-order chi connectivity index (χ0) is 9.14. The number of carboxylic acid groups (broad SMARTS) is 1. The Morgan fingerprint density at radius 2 is 2.33 bits per heavy atom. The van der Waals surface area contributed by atoms with E-state index < -0.39 is 5.97 Å². The van der Waals surface area contributed by atoms with E-state index >= 15 is 0 Å². The Morgan fingerprint density at radius 1 is 1.67 bits per heavy atom. The van der Waals surface area contributed by atoms with Crippen LogP contribution in [-0.4, -0.2) is 16.1 Å². The molecule has 0 aromatic carbocycles. The lowest BCUT2D eigenvalue weighted by Gasteiger charge is -2.03. The summed E-state index contributed by atoms with van der Waals surface area (Å²) in [5.74, 6) is -1.02. The van der Waals surface area contributed by atoms with Gasteiger partial charge in [0.1, 0.15) is 5.69 Å². The van der Waals surface area contributed by atoms with Crippen molar-refractivity contribution in [1.29, 1.82) is 0 Å². The average molecular weight is 166 g/mol. The van der Waals surface area contributed by atoms with Crippen molar-refractivity contribution in [3.8, 4) is 0 Å². The molecule has 64 valence electrons. The Morgan fingerprint density at radius 3 is 2.67 bits per heavy atom. The third-order valence-corrected chi connectivity index (χ3v) is 1.53. The molecule has 0 saturated heterocycles. The van der Waals surface area contributed by atoms with E-state index in [2.05, 4.69) is 4.98 Å². The zero-order valence-electron chi connectivity index (χ0n) is 6.69. The standard InChI is InChI=1S/C8H10N2O2/c1-5(9)6-2-3-7(8(11)12)10-4-6/h2-5H,9H2,1H3,(H,11,12). The summed E-state index contributed by atoms with van der Waals surface area (Å²) < 4.78 is 0. The van der Waals surface area contributed by atoms with Gasteiger partial charge in [-0.1, -0.05) is 6.07 Å². The van der Waals surface area contributed by atoms with Crippen molar-refractivity contribution in [2.24, 2.45) is 5.73 Å². The van der Waals surface area contributed by atoms with Gasteiger partial charge in [0, 0.05) is 12.2 Å². The van der Waals surface area contributed by atoms with Crippen molar-refractivity contribution >= 4 is 5.97 Å². The summed E-state index contributed by atoms with van der Waals surface area (Å²) in [6.07, 6.45) is 1.48. The maximum atomic E-state index is 10.4. The molecule has 0 amide bonds. The number of nitrogens with two attached hydrogens (primary N) is 1. The van der Waals surface area contributed by atoms with Crippen LogP contribution in [0.1, 0.15) is 29.0 Å². The summed E-state index contributed by atoms with van der Waals surface area (Å²) in [4.78, 5) is 14.1. The predicted molar refractivity (Wildman–Crippen MR) is 43.8 cm³/mol. The number of carboxylic acids is 1. The van der Waals surface area contributed by atoms with E-state index in [4.69, 9.17) is 10.8 Å². The minimum absolute atomic E-state index is 0.0411. The first kappa shape index (κ1) is 8.67.